The number of nitrogens with two attached hydrogens (primary N) is 1. The Hall–Kier alpha value is -1.33. The molecule has 0 aliphatic rings. The summed E-state index contributed by atoms with van der Waals surface area (Å²) in [5.74, 6) is 5.68. The van der Waals surface area contributed by atoms with Crippen molar-refractivity contribution in [3.8, 4) is 0 Å². The van der Waals surface area contributed by atoms with Crippen LogP contribution < -0.4 is 11.3 Å². The first-order valence-corrected chi connectivity index (χ1v) is 5.29. The minimum atomic E-state index is -0.162. The van der Waals surface area contributed by atoms with Crippen molar-refractivity contribution in [2.45, 2.75) is 26.4 Å². The molecule has 0 saturated heterocycles. The van der Waals surface area contributed by atoms with E-state index in [0.717, 1.165) is 5.76 Å². The Bertz CT molecular complexity index is 324. The molecule has 0 spiro atoms. The number of rotatable bonds is 5. The van der Waals surface area contributed by atoms with Crippen LogP contribution in [0, 0.1) is 5.92 Å². The van der Waals surface area contributed by atoms with Crippen LogP contribution in [0.3, 0.4) is 0 Å². The van der Waals surface area contributed by atoms with Crippen molar-refractivity contribution in [1.82, 2.24) is 10.3 Å². The van der Waals surface area contributed by atoms with Crippen LogP contribution >= 0.6 is 0 Å². The highest BCUT2D eigenvalue weighted by Gasteiger charge is 2.23. The minimum Gasteiger partial charge on any atom is -0.468 e. The summed E-state index contributed by atoms with van der Waals surface area (Å²) in [4.78, 5) is 13.4. The molecule has 16 heavy (non-hydrogen) atoms. The lowest BCUT2D eigenvalue weighted by atomic mass is 10.0. The van der Waals surface area contributed by atoms with Gasteiger partial charge in [0.1, 0.15) is 5.76 Å². The Balaban J connectivity index is 2.53. The Morgan fingerprint density at radius 3 is 2.81 bits per heavy atom. The number of hydrogen-bond donors (Lipinski definition) is 2. The summed E-state index contributed by atoms with van der Waals surface area (Å²) in [6, 6.07) is 3.86. The molecule has 5 nitrogen and oxygen atoms in total. The van der Waals surface area contributed by atoms with Crippen LogP contribution in [0.2, 0.25) is 0 Å². The molecule has 1 heterocycles. The first kappa shape index (κ1) is 12.7. The van der Waals surface area contributed by atoms with Crippen molar-refractivity contribution >= 4 is 5.91 Å². The van der Waals surface area contributed by atoms with Gasteiger partial charge < -0.3 is 4.42 Å². The number of furan rings is 1. The van der Waals surface area contributed by atoms with Crippen LogP contribution in [0.25, 0.3) is 0 Å². The molecular weight excluding hydrogens is 206 g/mol. The molecule has 0 bridgehead atoms. The van der Waals surface area contributed by atoms with Gasteiger partial charge in [0.2, 0.25) is 5.91 Å². The van der Waals surface area contributed by atoms with Gasteiger partial charge in [-0.05, 0) is 26.1 Å². The third kappa shape index (κ3) is 3.08. The SMILES string of the molecule is CC(C(=O)NN)C(C)N(C)Cc1ccco1. The van der Waals surface area contributed by atoms with Gasteiger partial charge in [0.25, 0.3) is 0 Å². The number of carbonyl (C=O) groups is 1. The predicted octanol–water partition coefficient (Wildman–Crippen LogP) is 0.726. The lowest BCUT2D eigenvalue weighted by molar-refractivity contribution is -0.126. The van der Waals surface area contributed by atoms with E-state index in [4.69, 9.17) is 10.3 Å². The smallest absolute Gasteiger partial charge is 0.238 e. The van der Waals surface area contributed by atoms with Crippen LogP contribution in [0.4, 0.5) is 0 Å². The standard InChI is InChI=1S/C11H19N3O2/c1-8(11(15)13-12)9(2)14(3)7-10-5-4-6-16-10/h4-6,8-9H,7,12H2,1-3H3,(H,13,15). The molecule has 0 fully saturated rings. The van der Waals surface area contributed by atoms with E-state index in [0.29, 0.717) is 6.54 Å². The van der Waals surface area contributed by atoms with Crippen molar-refractivity contribution in [3.63, 3.8) is 0 Å². The topological polar surface area (TPSA) is 71.5 Å². The number of carbonyl (C=O) groups excluding carboxylic acids is 1. The Morgan fingerprint density at radius 1 is 1.62 bits per heavy atom. The highest BCUT2D eigenvalue weighted by Crippen LogP contribution is 2.13. The Labute approximate surface area is 95.6 Å². The summed E-state index contributed by atoms with van der Waals surface area (Å²) in [5, 5.41) is 0. The number of amides is 1. The number of hydrazine groups is 1. The van der Waals surface area contributed by atoms with Gasteiger partial charge in [-0.3, -0.25) is 15.1 Å². The van der Waals surface area contributed by atoms with E-state index in [-0.39, 0.29) is 17.9 Å². The van der Waals surface area contributed by atoms with Crippen LogP contribution in [-0.4, -0.2) is 23.9 Å². The fourth-order valence-electron chi connectivity index (χ4n) is 1.52. The number of nitrogens with one attached hydrogen (secondary N) is 1. The van der Waals surface area contributed by atoms with Crippen LogP contribution in [0.1, 0.15) is 19.6 Å². The van der Waals surface area contributed by atoms with E-state index in [1.807, 2.05) is 33.0 Å². The van der Waals surface area contributed by atoms with Gasteiger partial charge >= 0.3 is 0 Å². The maximum atomic E-state index is 11.4. The largest absolute Gasteiger partial charge is 0.468 e. The summed E-state index contributed by atoms with van der Waals surface area (Å²) in [7, 11) is 1.95. The van der Waals surface area contributed by atoms with Gasteiger partial charge in [0.05, 0.1) is 18.7 Å². The van der Waals surface area contributed by atoms with Gasteiger partial charge in [-0.2, -0.15) is 0 Å². The summed E-state index contributed by atoms with van der Waals surface area (Å²) < 4.78 is 5.25. The van der Waals surface area contributed by atoms with Gasteiger partial charge in [0.15, 0.2) is 0 Å². The first-order valence-electron chi connectivity index (χ1n) is 5.29. The van der Waals surface area contributed by atoms with Crippen LogP contribution in [0.5, 0.6) is 0 Å². The Kier molecular flexibility index (Phi) is 4.52. The molecule has 90 valence electrons. The summed E-state index contributed by atoms with van der Waals surface area (Å²) >= 11 is 0. The Morgan fingerprint density at radius 2 is 2.31 bits per heavy atom. The third-order valence-electron chi connectivity index (χ3n) is 2.96. The van der Waals surface area contributed by atoms with E-state index in [9.17, 15) is 4.79 Å². The second kappa shape index (κ2) is 5.67. The van der Waals surface area contributed by atoms with Gasteiger partial charge in [-0.15, -0.1) is 0 Å². The van der Waals surface area contributed by atoms with Crippen LogP contribution in [0.15, 0.2) is 22.8 Å². The molecule has 0 aliphatic carbocycles. The summed E-state index contributed by atoms with van der Waals surface area (Å²) in [6.45, 7) is 4.52. The van der Waals surface area contributed by atoms with Gasteiger partial charge in [-0.1, -0.05) is 6.92 Å². The van der Waals surface area contributed by atoms with E-state index in [2.05, 4.69) is 10.3 Å². The molecule has 3 N–H and O–H groups in total. The molecule has 0 saturated carbocycles. The quantitative estimate of drug-likeness (QED) is 0.440. The highest BCUT2D eigenvalue weighted by molar-refractivity contribution is 5.78. The summed E-state index contributed by atoms with van der Waals surface area (Å²) in [6.07, 6.45) is 1.64. The predicted molar refractivity (Wildman–Crippen MR) is 61.1 cm³/mol. The minimum absolute atomic E-state index is 0.0913. The zero-order valence-electron chi connectivity index (χ0n) is 9.93. The molecule has 1 aromatic heterocycles. The molecule has 1 rings (SSSR count). The monoisotopic (exact) mass is 225 g/mol. The second-order valence-electron chi connectivity index (χ2n) is 4.03. The molecule has 0 radical (unpaired) electrons. The fraction of sp³-hybridized carbons (Fsp3) is 0.545. The molecule has 5 heteroatoms. The normalized spacial score (nSPS) is 14.8. The van der Waals surface area contributed by atoms with Crippen LogP contribution in [-0.2, 0) is 11.3 Å². The zero-order chi connectivity index (χ0) is 12.1. The van der Waals surface area contributed by atoms with E-state index >= 15 is 0 Å². The average molecular weight is 225 g/mol. The van der Waals surface area contributed by atoms with Gasteiger partial charge in [-0.25, -0.2) is 5.84 Å². The first-order chi connectivity index (χ1) is 7.56. The summed E-state index contributed by atoms with van der Waals surface area (Å²) in [5.41, 5.74) is 2.17. The molecular formula is C11H19N3O2. The highest BCUT2D eigenvalue weighted by atomic mass is 16.3. The van der Waals surface area contributed by atoms with Crippen molar-refractivity contribution in [2.24, 2.45) is 11.8 Å². The molecule has 1 aromatic rings. The third-order valence-corrected chi connectivity index (χ3v) is 2.96. The van der Waals surface area contributed by atoms with Crippen molar-refractivity contribution in [1.29, 1.82) is 0 Å². The van der Waals surface area contributed by atoms with E-state index in [1.165, 1.54) is 0 Å². The molecule has 0 aromatic carbocycles. The second-order valence-corrected chi connectivity index (χ2v) is 4.03. The lowest BCUT2D eigenvalue weighted by Crippen LogP contribution is -2.44. The van der Waals surface area contributed by atoms with Crippen molar-refractivity contribution in [3.05, 3.63) is 24.2 Å². The average Bonchev–Trinajstić information content (AvgIpc) is 2.78. The maximum Gasteiger partial charge on any atom is 0.238 e. The number of nitrogens with zero attached hydrogens (tertiary/aromatic N) is 1. The molecule has 0 aliphatic heterocycles. The van der Waals surface area contributed by atoms with E-state index < -0.39 is 0 Å². The van der Waals surface area contributed by atoms with Crippen molar-refractivity contribution in [2.75, 3.05) is 7.05 Å². The van der Waals surface area contributed by atoms with E-state index in [1.54, 1.807) is 6.26 Å². The molecule has 2 unspecified atom stereocenters. The zero-order valence-corrected chi connectivity index (χ0v) is 9.93. The van der Waals surface area contributed by atoms with Crippen molar-refractivity contribution < 1.29 is 9.21 Å². The molecule has 1 amide bonds. The number of hydrogen-bond acceptors (Lipinski definition) is 4. The van der Waals surface area contributed by atoms with Gasteiger partial charge in [0, 0.05) is 6.04 Å². The molecule has 2 atom stereocenters. The fourth-order valence-corrected chi connectivity index (χ4v) is 1.52. The maximum absolute atomic E-state index is 11.4. The lowest BCUT2D eigenvalue weighted by Gasteiger charge is -2.27.